The number of methoxy groups -OCH3 is 1. The molecule has 4 aromatic rings. The Morgan fingerprint density at radius 2 is 1.92 bits per heavy atom. The molecule has 5 rings (SSSR count). The van der Waals surface area contributed by atoms with Gasteiger partial charge in [0.05, 0.1) is 30.9 Å². The molecule has 0 saturated carbocycles. The number of nitrogens with zero attached hydrogens (tertiary/aromatic N) is 2. The summed E-state index contributed by atoms with van der Waals surface area (Å²) in [5, 5.41) is 12.6. The van der Waals surface area contributed by atoms with Gasteiger partial charge in [-0.25, -0.2) is 14.6 Å². The number of aryl methyl sites for hydroxylation is 1. The molecule has 8 nitrogen and oxygen atoms in total. The standard InChI is InChI=1S/C27H28FN3O5/c1-17-11-19(3-5-25(17)36-32)24-15-30-27-23(29-14-18-7-9-34-10-8-18)13-21(16-31(24)27)35-20-4-6-26(33-2)22(28)12-20/h3-6,11-13,15-16,18,29,32H,7-10,14H2,1-2H3. The lowest BCUT2D eigenvalue weighted by Crippen LogP contribution is -2.22. The first-order valence-electron chi connectivity index (χ1n) is 11.8. The number of benzene rings is 2. The van der Waals surface area contributed by atoms with Gasteiger partial charge in [0.1, 0.15) is 11.5 Å². The highest BCUT2D eigenvalue weighted by molar-refractivity contribution is 5.75. The van der Waals surface area contributed by atoms with E-state index in [9.17, 15) is 4.39 Å². The normalized spacial score (nSPS) is 14.1. The van der Waals surface area contributed by atoms with Crippen LogP contribution >= 0.6 is 0 Å². The van der Waals surface area contributed by atoms with Crippen LogP contribution in [-0.4, -0.2) is 41.5 Å². The Morgan fingerprint density at radius 1 is 1.11 bits per heavy atom. The molecule has 0 amide bonds. The molecule has 36 heavy (non-hydrogen) atoms. The van der Waals surface area contributed by atoms with Gasteiger partial charge in [-0.3, -0.25) is 4.40 Å². The molecule has 0 aliphatic carbocycles. The van der Waals surface area contributed by atoms with Crippen LogP contribution in [0.25, 0.3) is 16.9 Å². The minimum absolute atomic E-state index is 0.152. The van der Waals surface area contributed by atoms with Crippen LogP contribution in [0.3, 0.4) is 0 Å². The van der Waals surface area contributed by atoms with Crippen LogP contribution in [0.4, 0.5) is 10.1 Å². The summed E-state index contributed by atoms with van der Waals surface area (Å²) in [7, 11) is 1.42. The van der Waals surface area contributed by atoms with Crippen LogP contribution in [0, 0.1) is 18.7 Å². The molecule has 9 heteroatoms. The number of aromatic nitrogens is 2. The van der Waals surface area contributed by atoms with Gasteiger partial charge in [0.2, 0.25) is 0 Å². The fourth-order valence-electron chi connectivity index (χ4n) is 4.42. The average molecular weight is 494 g/mol. The van der Waals surface area contributed by atoms with E-state index >= 15 is 0 Å². The van der Waals surface area contributed by atoms with Crippen molar-refractivity contribution in [1.29, 1.82) is 0 Å². The number of halogens is 1. The quantitative estimate of drug-likeness (QED) is 0.232. The van der Waals surface area contributed by atoms with Crippen LogP contribution in [0.2, 0.25) is 0 Å². The summed E-state index contributed by atoms with van der Waals surface area (Å²) >= 11 is 0. The van der Waals surface area contributed by atoms with Crippen molar-refractivity contribution in [3.05, 3.63) is 66.2 Å². The van der Waals surface area contributed by atoms with Gasteiger partial charge in [-0.2, -0.15) is 0 Å². The van der Waals surface area contributed by atoms with Gasteiger partial charge < -0.3 is 24.4 Å². The minimum Gasteiger partial charge on any atom is -0.494 e. The molecule has 188 valence electrons. The molecule has 2 aromatic heterocycles. The molecule has 2 aromatic carbocycles. The van der Waals surface area contributed by atoms with Gasteiger partial charge in [0.25, 0.3) is 0 Å². The second kappa shape index (κ2) is 10.4. The zero-order chi connectivity index (χ0) is 25.1. The summed E-state index contributed by atoms with van der Waals surface area (Å²) in [6.45, 7) is 4.18. The highest BCUT2D eigenvalue weighted by Crippen LogP contribution is 2.34. The molecule has 0 radical (unpaired) electrons. The lowest BCUT2D eigenvalue weighted by Gasteiger charge is -2.23. The third-order valence-corrected chi connectivity index (χ3v) is 6.43. The van der Waals surface area contributed by atoms with E-state index in [-0.39, 0.29) is 5.75 Å². The fourth-order valence-corrected chi connectivity index (χ4v) is 4.42. The van der Waals surface area contributed by atoms with E-state index in [4.69, 9.17) is 19.5 Å². The summed E-state index contributed by atoms with van der Waals surface area (Å²) in [5.74, 6) is 1.41. The van der Waals surface area contributed by atoms with Crippen LogP contribution < -0.4 is 19.7 Å². The molecular formula is C27H28FN3O5. The number of rotatable bonds is 8. The van der Waals surface area contributed by atoms with Crippen molar-refractivity contribution in [2.24, 2.45) is 5.92 Å². The molecule has 0 atom stereocenters. The molecule has 1 fully saturated rings. The van der Waals surface area contributed by atoms with E-state index in [1.54, 1.807) is 18.3 Å². The third-order valence-electron chi connectivity index (χ3n) is 6.43. The van der Waals surface area contributed by atoms with Crippen molar-refractivity contribution < 1.29 is 28.7 Å². The van der Waals surface area contributed by atoms with Gasteiger partial charge in [0, 0.05) is 37.5 Å². The monoisotopic (exact) mass is 493 g/mol. The average Bonchev–Trinajstić information content (AvgIpc) is 3.32. The molecule has 0 bridgehead atoms. The zero-order valence-electron chi connectivity index (χ0n) is 20.2. The lowest BCUT2D eigenvalue weighted by atomic mass is 10.0. The first-order chi connectivity index (χ1) is 17.6. The van der Waals surface area contributed by atoms with Gasteiger partial charge in [0.15, 0.2) is 23.0 Å². The smallest absolute Gasteiger partial charge is 0.168 e. The topological polar surface area (TPSA) is 86.5 Å². The van der Waals surface area contributed by atoms with E-state index in [1.165, 1.54) is 19.2 Å². The molecule has 0 spiro atoms. The number of pyridine rings is 1. The fraction of sp³-hybridized carbons (Fsp3) is 0.296. The van der Waals surface area contributed by atoms with Crippen LogP contribution in [0.5, 0.6) is 23.0 Å². The first-order valence-corrected chi connectivity index (χ1v) is 11.8. The number of nitrogens with one attached hydrogen (secondary N) is 1. The zero-order valence-corrected chi connectivity index (χ0v) is 20.2. The summed E-state index contributed by atoms with van der Waals surface area (Å²) in [5.41, 5.74) is 4.06. The van der Waals surface area contributed by atoms with Gasteiger partial charge in [-0.1, -0.05) is 0 Å². The predicted molar refractivity (Wildman–Crippen MR) is 134 cm³/mol. The summed E-state index contributed by atoms with van der Waals surface area (Å²) in [6.07, 6.45) is 5.62. The summed E-state index contributed by atoms with van der Waals surface area (Å²) < 4.78 is 32.8. The molecular weight excluding hydrogens is 465 g/mol. The van der Waals surface area contributed by atoms with E-state index in [2.05, 4.69) is 15.2 Å². The Labute approximate surface area is 208 Å². The Morgan fingerprint density at radius 3 is 2.64 bits per heavy atom. The van der Waals surface area contributed by atoms with E-state index in [0.29, 0.717) is 23.2 Å². The van der Waals surface area contributed by atoms with Crippen molar-refractivity contribution in [3.8, 4) is 34.3 Å². The van der Waals surface area contributed by atoms with Gasteiger partial charge in [-0.05, 0) is 61.6 Å². The molecule has 0 unspecified atom stereocenters. The van der Waals surface area contributed by atoms with Gasteiger partial charge in [-0.15, -0.1) is 0 Å². The number of hydrogen-bond acceptors (Lipinski definition) is 7. The third kappa shape index (κ3) is 4.93. The van der Waals surface area contributed by atoms with Crippen molar-refractivity contribution >= 4 is 11.3 Å². The second-order valence-electron chi connectivity index (χ2n) is 8.83. The largest absolute Gasteiger partial charge is 0.494 e. The molecule has 1 saturated heterocycles. The van der Waals surface area contributed by atoms with E-state index < -0.39 is 5.82 Å². The Balaban J connectivity index is 1.53. The van der Waals surface area contributed by atoms with Crippen LogP contribution in [0.15, 0.2) is 54.9 Å². The van der Waals surface area contributed by atoms with E-state index in [1.807, 2.05) is 35.7 Å². The number of imidazole rings is 1. The number of anilines is 1. The van der Waals surface area contributed by atoms with Crippen LogP contribution in [0.1, 0.15) is 18.4 Å². The number of hydrogen-bond donors (Lipinski definition) is 2. The van der Waals surface area contributed by atoms with Crippen LogP contribution in [-0.2, 0) is 4.74 Å². The maximum atomic E-state index is 14.3. The Hall–Kier alpha value is -3.82. The van der Waals surface area contributed by atoms with E-state index in [0.717, 1.165) is 60.8 Å². The highest BCUT2D eigenvalue weighted by Gasteiger charge is 2.17. The van der Waals surface area contributed by atoms with Crippen molar-refractivity contribution in [2.75, 3.05) is 32.2 Å². The van der Waals surface area contributed by atoms with Crippen molar-refractivity contribution in [3.63, 3.8) is 0 Å². The molecule has 3 heterocycles. The first kappa shape index (κ1) is 23.9. The maximum absolute atomic E-state index is 14.3. The van der Waals surface area contributed by atoms with Crippen molar-refractivity contribution in [2.45, 2.75) is 19.8 Å². The second-order valence-corrected chi connectivity index (χ2v) is 8.83. The molecule has 1 aliphatic heterocycles. The molecule has 1 aliphatic rings. The number of ether oxygens (including phenoxy) is 3. The Kier molecular flexibility index (Phi) is 6.92. The maximum Gasteiger partial charge on any atom is 0.168 e. The molecule has 2 N–H and O–H groups in total. The van der Waals surface area contributed by atoms with Gasteiger partial charge >= 0.3 is 0 Å². The Bertz CT molecular complexity index is 1370. The SMILES string of the molecule is COc1ccc(Oc2cc(NCC3CCOCC3)c3ncc(-c4ccc(OO)c(C)c4)n3c2)cc1F. The lowest BCUT2D eigenvalue weighted by molar-refractivity contribution is -0.138. The minimum atomic E-state index is -0.501. The highest BCUT2D eigenvalue weighted by atomic mass is 19.1. The predicted octanol–water partition coefficient (Wildman–Crippen LogP) is 5.94. The van der Waals surface area contributed by atoms with Crippen molar-refractivity contribution in [1.82, 2.24) is 9.38 Å². The number of fused-ring (bicyclic) bond motifs is 1. The summed E-state index contributed by atoms with van der Waals surface area (Å²) in [6, 6.07) is 11.8. The summed E-state index contributed by atoms with van der Waals surface area (Å²) in [4.78, 5) is 9.10.